The molecule has 1 N–H and O–H groups in total. The molecule has 8 heteroatoms. The first-order valence-corrected chi connectivity index (χ1v) is 9.49. The fourth-order valence-corrected chi connectivity index (χ4v) is 3.41. The summed E-state index contributed by atoms with van der Waals surface area (Å²) in [6, 6.07) is 7.22. The highest BCUT2D eigenvalue weighted by molar-refractivity contribution is 7.09. The van der Waals surface area contributed by atoms with Crippen LogP contribution in [0.1, 0.15) is 16.3 Å². The average Bonchev–Trinajstić information content (AvgIpc) is 3.34. The molecule has 7 nitrogen and oxygen atoms in total. The van der Waals surface area contributed by atoms with E-state index in [0.29, 0.717) is 34.3 Å². The van der Waals surface area contributed by atoms with Crippen LogP contribution in [0.3, 0.4) is 0 Å². The van der Waals surface area contributed by atoms with Crippen LogP contribution in [0.2, 0.25) is 0 Å². The number of carbonyl (C=O) groups is 1. The molecule has 0 atom stereocenters. The van der Waals surface area contributed by atoms with Crippen LogP contribution in [0.4, 0.5) is 0 Å². The Balaban J connectivity index is 1.64. The van der Waals surface area contributed by atoms with E-state index in [1.165, 1.54) is 14.2 Å². The number of nitrogens with one attached hydrogen (secondary N) is 1. The number of rotatable bonds is 8. The molecule has 0 fully saturated rings. The Hall–Kier alpha value is -3.00. The van der Waals surface area contributed by atoms with Gasteiger partial charge < -0.3 is 23.9 Å². The van der Waals surface area contributed by atoms with E-state index in [9.17, 15) is 4.79 Å². The number of aryl methyl sites for hydroxylation is 1. The number of hydrogen-bond donors (Lipinski definition) is 1. The van der Waals surface area contributed by atoms with Crippen LogP contribution in [0, 0.1) is 6.92 Å². The van der Waals surface area contributed by atoms with Gasteiger partial charge in [-0.05, 0) is 25.1 Å². The summed E-state index contributed by atoms with van der Waals surface area (Å²) in [5, 5.41) is 5.78. The van der Waals surface area contributed by atoms with E-state index in [1.54, 1.807) is 30.6 Å². The van der Waals surface area contributed by atoms with Gasteiger partial charge >= 0.3 is 0 Å². The van der Waals surface area contributed by atoms with Crippen LogP contribution in [0.5, 0.6) is 17.2 Å². The summed E-state index contributed by atoms with van der Waals surface area (Å²) in [6.07, 6.45) is 0.141. The van der Waals surface area contributed by atoms with Crippen molar-refractivity contribution in [1.82, 2.24) is 10.3 Å². The summed E-state index contributed by atoms with van der Waals surface area (Å²) in [5.74, 6) is 2.68. The molecule has 0 aliphatic carbocycles. The lowest BCUT2D eigenvalue weighted by molar-refractivity contribution is -0.120. The molecular formula is C20H22N2O5S. The van der Waals surface area contributed by atoms with Gasteiger partial charge in [0.05, 0.1) is 39.3 Å². The minimum Gasteiger partial charge on any atom is -0.493 e. The molecule has 0 unspecified atom stereocenters. The normalized spacial score (nSPS) is 10.6. The third-order valence-corrected chi connectivity index (χ3v) is 4.90. The molecule has 2 heterocycles. The third-order valence-electron chi connectivity index (χ3n) is 4.13. The topological polar surface area (TPSA) is 82.8 Å². The lowest BCUT2D eigenvalue weighted by atomic mass is 10.1. The number of thiazole rings is 1. The predicted molar refractivity (Wildman–Crippen MR) is 106 cm³/mol. The second-order valence-corrected chi connectivity index (χ2v) is 7.03. The molecule has 1 amide bonds. The van der Waals surface area contributed by atoms with Gasteiger partial charge in [-0.15, -0.1) is 11.3 Å². The molecule has 0 bridgehead atoms. The number of hydrogen-bond acceptors (Lipinski definition) is 7. The van der Waals surface area contributed by atoms with Crippen molar-refractivity contribution in [3.63, 3.8) is 0 Å². The summed E-state index contributed by atoms with van der Waals surface area (Å²) in [7, 11) is 4.61. The number of furan rings is 1. The van der Waals surface area contributed by atoms with Gasteiger partial charge in [-0.2, -0.15) is 0 Å². The second-order valence-electron chi connectivity index (χ2n) is 5.96. The number of benzene rings is 1. The highest BCUT2D eigenvalue weighted by Gasteiger charge is 2.18. The first kappa shape index (κ1) is 19.8. The van der Waals surface area contributed by atoms with Crippen LogP contribution in [0.15, 0.2) is 34.1 Å². The van der Waals surface area contributed by atoms with Crippen LogP contribution in [-0.2, 0) is 17.8 Å². The second kappa shape index (κ2) is 8.79. The molecule has 148 valence electrons. The summed E-state index contributed by atoms with van der Waals surface area (Å²) in [6.45, 7) is 2.23. The molecule has 0 aliphatic rings. The molecule has 0 aliphatic heterocycles. The minimum absolute atomic E-state index is 0.141. The van der Waals surface area contributed by atoms with Crippen LogP contribution in [0.25, 0.3) is 11.5 Å². The summed E-state index contributed by atoms with van der Waals surface area (Å²) in [5.41, 5.74) is 1.51. The van der Waals surface area contributed by atoms with Crippen molar-refractivity contribution in [1.29, 1.82) is 0 Å². The zero-order valence-corrected chi connectivity index (χ0v) is 17.0. The Morgan fingerprint density at radius 2 is 1.89 bits per heavy atom. The lowest BCUT2D eigenvalue weighted by Gasteiger charge is -2.15. The maximum absolute atomic E-state index is 12.4. The molecule has 0 saturated heterocycles. The maximum Gasteiger partial charge on any atom is 0.224 e. The maximum atomic E-state index is 12.4. The van der Waals surface area contributed by atoms with Crippen molar-refractivity contribution in [2.45, 2.75) is 19.9 Å². The van der Waals surface area contributed by atoms with Gasteiger partial charge in [0.15, 0.2) is 17.3 Å². The zero-order valence-electron chi connectivity index (χ0n) is 16.2. The highest BCUT2D eigenvalue weighted by atomic mass is 32.1. The SMILES string of the molecule is COc1ccc(CC(=O)NCc2ccc(-c3csc(C)n3)o2)c(OC)c1OC. The van der Waals surface area contributed by atoms with Gasteiger partial charge in [0.2, 0.25) is 11.7 Å². The van der Waals surface area contributed by atoms with Crippen molar-refractivity contribution in [2.75, 3.05) is 21.3 Å². The number of carbonyl (C=O) groups excluding carboxylic acids is 1. The number of ether oxygens (including phenoxy) is 3. The molecule has 3 aromatic rings. The average molecular weight is 402 g/mol. The summed E-state index contributed by atoms with van der Waals surface area (Å²) >= 11 is 1.57. The predicted octanol–water partition coefficient (Wildman–Crippen LogP) is 3.60. The fourth-order valence-electron chi connectivity index (χ4n) is 2.81. The van der Waals surface area contributed by atoms with Crippen molar-refractivity contribution in [3.8, 4) is 28.7 Å². The third kappa shape index (κ3) is 4.28. The Morgan fingerprint density at radius 3 is 2.54 bits per heavy atom. The highest BCUT2D eigenvalue weighted by Crippen LogP contribution is 2.39. The number of amides is 1. The van der Waals surface area contributed by atoms with Gasteiger partial charge in [-0.1, -0.05) is 6.07 Å². The van der Waals surface area contributed by atoms with Crippen molar-refractivity contribution in [2.24, 2.45) is 0 Å². The largest absolute Gasteiger partial charge is 0.493 e. The van der Waals surface area contributed by atoms with Crippen LogP contribution < -0.4 is 19.5 Å². The first-order valence-electron chi connectivity index (χ1n) is 8.61. The Morgan fingerprint density at radius 1 is 1.11 bits per heavy atom. The van der Waals surface area contributed by atoms with E-state index in [1.807, 2.05) is 24.4 Å². The number of aromatic nitrogens is 1. The molecular weight excluding hydrogens is 380 g/mol. The Labute approximate surface area is 167 Å². The van der Waals surface area contributed by atoms with Crippen LogP contribution in [-0.4, -0.2) is 32.2 Å². The number of methoxy groups -OCH3 is 3. The minimum atomic E-state index is -0.159. The molecule has 28 heavy (non-hydrogen) atoms. The zero-order chi connectivity index (χ0) is 20.1. The summed E-state index contributed by atoms with van der Waals surface area (Å²) in [4.78, 5) is 16.8. The number of nitrogens with zero attached hydrogens (tertiary/aromatic N) is 1. The molecule has 0 radical (unpaired) electrons. The van der Waals surface area contributed by atoms with Gasteiger partial charge in [-0.3, -0.25) is 4.79 Å². The lowest BCUT2D eigenvalue weighted by Crippen LogP contribution is -2.24. The Kier molecular flexibility index (Phi) is 6.20. The molecule has 3 rings (SSSR count). The van der Waals surface area contributed by atoms with Gasteiger partial charge in [0.1, 0.15) is 11.5 Å². The smallest absolute Gasteiger partial charge is 0.224 e. The van der Waals surface area contributed by atoms with E-state index in [4.69, 9.17) is 18.6 Å². The fraction of sp³-hybridized carbons (Fsp3) is 0.300. The van der Waals surface area contributed by atoms with Gasteiger partial charge in [-0.25, -0.2) is 4.98 Å². The van der Waals surface area contributed by atoms with Crippen LogP contribution >= 0.6 is 11.3 Å². The van der Waals surface area contributed by atoms with E-state index in [-0.39, 0.29) is 18.9 Å². The van der Waals surface area contributed by atoms with E-state index in [0.717, 1.165) is 10.7 Å². The Bertz CT molecular complexity index is 963. The first-order chi connectivity index (χ1) is 13.5. The standard InChI is InChI=1S/C20H22N2O5S/c1-12-22-15(11-28-12)16-8-6-14(27-16)10-21-18(23)9-13-5-7-17(24-2)20(26-4)19(13)25-3/h5-8,11H,9-10H2,1-4H3,(H,21,23). The van der Waals surface area contributed by atoms with E-state index in [2.05, 4.69) is 10.3 Å². The van der Waals surface area contributed by atoms with Crippen molar-refractivity contribution in [3.05, 3.63) is 46.0 Å². The van der Waals surface area contributed by atoms with Crippen molar-refractivity contribution >= 4 is 17.2 Å². The molecule has 0 spiro atoms. The van der Waals surface area contributed by atoms with Gasteiger partial charge in [0, 0.05) is 10.9 Å². The quantitative estimate of drug-likeness (QED) is 0.620. The molecule has 2 aromatic heterocycles. The van der Waals surface area contributed by atoms with E-state index >= 15 is 0 Å². The molecule has 0 saturated carbocycles. The van der Waals surface area contributed by atoms with Gasteiger partial charge in [0.25, 0.3) is 0 Å². The van der Waals surface area contributed by atoms with E-state index < -0.39 is 0 Å². The van der Waals surface area contributed by atoms with Crippen molar-refractivity contribution < 1.29 is 23.4 Å². The molecule has 1 aromatic carbocycles. The summed E-state index contributed by atoms with van der Waals surface area (Å²) < 4.78 is 21.8. The monoisotopic (exact) mass is 402 g/mol.